The zero-order valence-corrected chi connectivity index (χ0v) is 23.5. The summed E-state index contributed by atoms with van der Waals surface area (Å²) in [6.07, 6.45) is 0.323. The molecule has 0 heterocycles. The maximum absolute atomic E-state index is 13.6. The number of aliphatic hydroxyl groups excluding tert-OH is 1. The van der Waals surface area contributed by atoms with Crippen molar-refractivity contribution in [1.29, 1.82) is 0 Å². The van der Waals surface area contributed by atoms with Crippen molar-refractivity contribution in [2.45, 2.75) is 90.0 Å². The lowest BCUT2D eigenvalue weighted by Gasteiger charge is -2.33. The summed E-state index contributed by atoms with van der Waals surface area (Å²) in [6.45, 7) is 7.85. The van der Waals surface area contributed by atoms with Gasteiger partial charge in [-0.3, -0.25) is 0 Å². The predicted molar refractivity (Wildman–Crippen MR) is 138 cm³/mol. The average molecular weight is 607 g/mol. The quantitative estimate of drug-likeness (QED) is 0.103. The van der Waals surface area contributed by atoms with Gasteiger partial charge in [0.15, 0.2) is 0 Å². The Labute approximate surface area is 235 Å². The minimum Gasteiger partial charge on any atom is -0.494 e. The van der Waals surface area contributed by atoms with Gasteiger partial charge in [0, 0.05) is 13.0 Å². The molecular formula is C29H39F9O3. The van der Waals surface area contributed by atoms with E-state index in [-0.39, 0.29) is 36.9 Å². The Hall–Kier alpha value is -2.21. The molecule has 0 aromatic heterocycles. The molecule has 0 radical (unpaired) electrons. The van der Waals surface area contributed by atoms with E-state index in [0.717, 1.165) is 18.4 Å². The molecular weight excluding hydrogens is 567 g/mol. The minimum atomic E-state index is -6.88. The molecule has 0 bridgehead atoms. The highest BCUT2D eigenvalue weighted by Crippen LogP contribution is 2.54. The fourth-order valence-corrected chi connectivity index (χ4v) is 3.47. The molecule has 1 N–H and O–H groups in total. The SMILES string of the molecule is C[C@@H](CO)C/C=C/[C@H](C)C/C=C/[C@H](C)[C@H](C)OCc1ccc(OCCCC(F)(F)C(F)(F)C(F)(F)C(F)(F)F)cc1. The fourth-order valence-electron chi connectivity index (χ4n) is 3.47. The van der Waals surface area contributed by atoms with Crippen LogP contribution in [0.3, 0.4) is 0 Å². The summed E-state index contributed by atoms with van der Waals surface area (Å²) in [5, 5.41) is 9.06. The third-order valence-electron chi connectivity index (χ3n) is 6.55. The van der Waals surface area contributed by atoms with E-state index < -0.39 is 43.4 Å². The van der Waals surface area contributed by atoms with E-state index in [2.05, 4.69) is 31.2 Å². The van der Waals surface area contributed by atoms with Crippen LogP contribution in [0.5, 0.6) is 5.75 Å². The number of aliphatic hydroxyl groups is 1. The zero-order chi connectivity index (χ0) is 31.5. The van der Waals surface area contributed by atoms with Crippen molar-refractivity contribution >= 4 is 0 Å². The lowest BCUT2D eigenvalue weighted by atomic mass is 10.00. The van der Waals surface area contributed by atoms with Gasteiger partial charge in [-0.25, -0.2) is 0 Å². The van der Waals surface area contributed by atoms with Crippen molar-refractivity contribution in [2.24, 2.45) is 17.8 Å². The molecule has 1 rings (SSSR count). The van der Waals surface area contributed by atoms with Crippen molar-refractivity contribution in [3.05, 3.63) is 54.1 Å². The number of alkyl halides is 9. The van der Waals surface area contributed by atoms with Gasteiger partial charge in [0.05, 0.1) is 19.3 Å². The molecule has 0 unspecified atom stereocenters. The highest BCUT2D eigenvalue weighted by Gasteiger charge is 2.81. The minimum absolute atomic E-state index is 0.108. The first kappa shape index (κ1) is 36.8. The van der Waals surface area contributed by atoms with E-state index in [4.69, 9.17) is 14.6 Å². The summed E-state index contributed by atoms with van der Waals surface area (Å²) >= 11 is 0. The van der Waals surface area contributed by atoms with Gasteiger partial charge in [-0.1, -0.05) is 57.2 Å². The van der Waals surface area contributed by atoms with E-state index in [0.29, 0.717) is 5.92 Å². The zero-order valence-electron chi connectivity index (χ0n) is 23.5. The van der Waals surface area contributed by atoms with Crippen molar-refractivity contribution < 1.29 is 54.1 Å². The molecule has 12 heteroatoms. The molecule has 0 aliphatic heterocycles. The standard InChI is InChI=1S/C29H39F9O3/c1-20(8-5-10-21(2)18-39)9-6-11-22(3)23(4)41-19-24-12-14-25(15-13-24)40-17-7-16-26(30,31)27(32,33)28(34,35)29(36,37)38/h5-6,8,11-15,20-23,39H,7,9-10,16-19H2,1-4H3/b8-5+,11-6+/t20-,21+,22-,23-/m0/s1. The number of allylic oxidation sites excluding steroid dienone is 3. The first-order valence-corrected chi connectivity index (χ1v) is 13.3. The van der Waals surface area contributed by atoms with Gasteiger partial charge in [0.25, 0.3) is 0 Å². The van der Waals surface area contributed by atoms with E-state index in [9.17, 15) is 39.5 Å². The topological polar surface area (TPSA) is 38.7 Å². The first-order chi connectivity index (χ1) is 18.9. The van der Waals surface area contributed by atoms with Crippen LogP contribution >= 0.6 is 0 Å². The van der Waals surface area contributed by atoms with Crippen LogP contribution in [0.2, 0.25) is 0 Å². The molecule has 0 saturated heterocycles. The summed E-state index contributed by atoms with van der Waals surface area (Å²) in [7, 11) is 0. The van der Waals surface area contributed by atoms with Gasteiger partial charge >= 0.3 is 23.9 Å². The average Bonchev–Trinajstić information content (AvgIpc) is 2.89. The molecule has 0 fully saturated rings. The monoisotopic (exact) mass is 606 g/mol. The molecule has 0 aliphatic rings. The summed E-state index contributed by atoms with van der Waals surface area (Å²) in [5.41, 5.74) is 0.761. The summed E-state index contributed by atoms with van der Waals surface area (Å²) in [6, 6.07) is 6.18. The number of hydrogen-bond acceptors (Lipinski definition) is 3. The van der Waals surface area contributed by atoms with E-state index in [1.165, 1.54) is 12.1 Å². The van der Waals surface area contributed by atoms with Crippen molar-refractivity contribution in [1.82, 2.24) is 0 Å². The van der Waals surface area contributed by atoms with Gasteiger partial charge in [0.1, 0.15) is 5.75 Å². The predicted octanol–water partition coefficient (Wildman–Crippen LogP) is 9.01. The van der Waals surface area contributed by atoms with Crippen LogP contribution in [0.1, 0.15) is 58.9 Å². The number of halogens is 9. The van der Waals surface area contributed by atoms with Gasteiger partial charge in [0.2, 0.25) is 0 Å². The van der Waals surface area contributed by atoms with Crippen LogP contribution < -0.4 is 4.74 Å². The van der Waals surface area contributed by atoms with Crippen LogP contribution in [-0.2, 0) is 11.3 Å². The second-order valence-electron chi connectivity index (χ2n) is 10.4. The van der Waals surface area contributed by atoms with Gasteiger partial charge < -0.3 is 14.6 Å². The molecule has 3 nitrogen and oxygen atoms in total. The van der Waals surface area contributed by atoms with Crippen molar-refractivity contribution in [3.63, 3.8) is 0 Å². The highest BCUT2D eigenvalue weighted by molar-refractivity contribution is 5.26. The fraction of sp³-hybridized carbons (Fsp3) is 0.655. The Morgan fingerprint density at radius 3 is 1.95 bits per heavy atom. The Kier molecular flexibility index (Phi) is 14.2. The summed E-state index contributed by atoms with van der Waals surface area (Å²) < 4.78 is 127. The molecule has 0 saturated carbocycles. The molecule has 0 aliphatic carbocycles. The molecule has 41 heavy (non-hydrogen) atoms. The summed E-state index contributed by atoms with van der Waals surface area (Å²) in [4.78, 5) is 0. The molecule has 0 spiro atoms. The number of rotatable bonds is 18. The second-order valence-corrected chi connectivity index (χ2v) is 10.4. The normalized spacial score (nSPS) is 16.7. The molecule has 1 aromatic carbocycles. The molecule has 4 atom stereocenters. The van der Waals surface area contributed by atoms with Gasteiger partial charge in [-0.15, -0.1) is 0 Å². The lowest BCUT2D eigenvalue weighted by molar-refractivity contribution is -0.396. The number of hydrogen-bond donors (Lipinski definition) is 1. The molecule has 1 aromatic rings. The number of benzene rings is 1. The molecule has 236 valence electrons. The second kappa shape index (κ2) is 15.9. The van der Waals surface area contributed by atoms with Gasteiger partial charge in [-0.05, 0) is 61.6 Å². The Balaban J connectivity index is 2.46. The first-order valence-electron chi connectivity index (χ1n) is 13.3. The van der Waals surface area contributed by atoms with Crippen LogP contribution in [0.4, 0.5) is 39.5 Å². The molecule has 0 amide bonds. The lowest BCUT2D eigenvalue weighted by Crippen LogP contribution is -2.60. The largest absolute Gasteiger partial charge is 0.494 e. The van der Waals surface area contributed by atoms with Crippen molar-refractivity contribution in [2.75, 3.05) is 13.2 Å². The van der Waals surface area contributed by atoms with Crippen LogP contribution in [0, 0.1) is 17.8 Å². The Morgan fingerprint density at radius 2 is 1.39 bits per heavy atom. The third kappa shape index (κ3) is 11.2. The smallest absolute Gasteiger partial charge is 0.460 e. The summed E-state index contributed by atoms with van der Waals surface area (Å²) in [5.74, 6) is -18.2. The maximum Gasteiger partial charge on any atom is 0.460 e. The maximum atomic E-state index is 13.6. The Bertz CT molecular complexity index is 944. The van der Waals surface area contributed by atoms with E-state index in [1.807, 2.05) is 20.8 Å². The third-order valence-corrected chi connectivity index (χ3v) is 6.55. The van der Waals surface area contributed by atoms with Crippen LogP contribution in [-0.4, -0.2) is 48.4 Å². The van der Waals surface area contributed by atoms with Crippen LogP contribution in [0.15, 0.2) is 48.6 Å². The van der Waals surface area contributed by atoms with Gasteiger partial charge in [-0.2, -0.15) is 39.5 Å². The van der Waals surface area contributed by atoms with E-state index >= 15 is 0 Å². The highest BCUT2D eigenvalue weighted by atomic mass is 19.4. The van der Waals surface area contributed by atoms with Crippen molar-refractivity contribution in [3.8, 4) is 5.75 Å². The Morgan fingerprint density at radius 1 is 0.805 bits per heavy atom. The van der Waals surface area contributed by atoms with Crippen LogP contribution in [0.25, 0.3) is 0 Å². The van der Waals surface area contributed by atoms with E-state index in [1.54, 1.807) is 12.1 Å². The number of ether oxygens (including phenoxy) is 2.